The number of benzene rings is 2. The summed E-state index contributed by atoms with van der Waals surface area (Å²) < 4.78 is 7.18. The van der Waals surface area contributed by atoms with Crippen LogP contribution in [0.5, 0.6) is 5.75 Å². The third-order valence-electron chi connectivity index (χ3n) is 7.89. The van der Waals surface area contributed by atoms with E-state index in [1.54, 1.807) is 23.0 Å². The molecule has 1 amide bonds. The molecule has 0 saturated carbocycles. The van der Waals surface area contributed by atoms with Gasteiger partial charge in [0.25, 0.3) is 5.56 Å². The van der Waals surface area contributed by atoms with Gasteiger partial charge in [-0.15, -0.1) is 11.3 Å². The van der Waals surface area contributed by atoms with Gasteiger partial charge in [-0.1, -0.05) is 57.7 Å². The van der Waals surface area contributed by atoms with Crippen LogP contribution in [0.4, 0.5) is 5.69 Å². The minimum atomic E-state index is -0.139. The number of anilines is 1. The lowest BCUT2D eigenvalue weighted by molar-refractivity contribution is -0.113. The first-order chi connectivity index (χ1) is 19.1. The van der Waals surface area contributed by atoms with E-state index in [4.69, 9.17) is 9.72 Å². The summed E-state index contributed by atoms with van der Waals surface area (Å²) in [5, 5.41) is 4.23. The van der Waals surface area contributed by atoms with E-state index in [9.17, 15) is 9.59 Å². The summed E-state index contributed by atoms with van der Waals surface area (Å²) in [7, 11) is 1.62. The number of nitrogens with one attached hydrogen (secondary N) is 1. The number of rotatable bonds is 7. The number of thiophene rings is 1. The summed E-state index contributed by atoms with van der Waals surface area (Å²) in [6.07, 6.45) is 3.82. The van der Waals surface area contributed by atoms with Crippen LogP contribution in [0.25, 0.3) is 15.9 Å². The summed E-state index contributed by atoms with van der Waals surface area (Å²) in [5.74, 6) is 1.23. The number of methoxy groups -OCH3 is 1. The maximum absolute atomic E-state index is 14.3. The molecule has 1 atom stereocenters. The molecule has 2 heterocycles. The number of carbonyl (C=O) groups excluding carboxylic acids is 1. The number of carbonyl (C=O) groups is 1. The summed E-state index contributed by atoms with van der Waals surface area (Å²) in [6.45, 7) is 11.0. The van der Waals surface area contributed by atoms with Crippen molar-refractivity contribution >= 4 is 44.9 Å². The van der Waals surface area contributed by atoms with E-state index in [1.807, 2.05) is 49.4 Å². The molecule has 0 spiro atoms. The largest absolute Gasteiger partial charge is 0.497 e. The van der Waals surface area contributed by atoms with Crippen LogP contribution in [0.15, 0.2) is 52.4 Å². The molecule has 0 saturated heterocycles. The van der Waals surface area contributed by atoms with Crippen LogP contribution in [0.3, 0.4) is 0 Å². The van der Waals surface area contributed by atoms with Crippen molar-refractivity contribution in [2.45, 2.75) is 65.5 Å². The first kappa shape index (κ1) is 28.4. The zero-order chi connectivity index (χ0) is 28.6. The van der Waals surface area contributed by atoms with E-state index in [1.165, 1.54) is 16.6 Å². The van der Waals surface area contributed by atoms with E-state index in [-0.39, 0.29) is 22.6 Å². The Morgan fingerprint density at radius 1 is 1.23 bits per heavy atom. The second kappa shape index (κ2) is 11.4. The lowest BCUT2D eigenvalue weighted by Crippen LogP contribution is -2.27. The predicted octanol–water partition coefficient (Wildman–Crippen LogP) is 7.21. The van der Waals surface area contributed by atoms with Crippen molar-refractivity contribution in [2.24, 2.45) is 11.3 Å². The average molecular weight is 576 g/mol. The lowest BCUT2D eigenvalue weighted by atomic mass is 9.72. The van der Waals surface area contributed by atoms with Gasteiger partial charge in [0, 0.05) is 16.6 Å². The molecule has 2 aromatic carbocycles. The molecule has 8 heteroatoms. The monoisotopic (exact) mass is 575 g/mol. The van der Waals surface area contributed by atoms with Gasteiger partial charge >= 0.3 is 0 Å². The van der Waals surface area contributed by atoms with E-state index < -0.39 is 0 Å². The summed E-state index contributed by atoms with van der Waals surface area (Å²) in [6, 6.07) is 13.6. The molecule has 0 unspecified atom stereocenters. The fourth-order valence-corrected chi connectivity index (χ4v) is 7.55. The second-order valence-corrected chi connectivity index (χ2v) is 13.6. The van der Waals surface area contributed by atoms with Crippen LogP contribution in [-0.4, -0.2) is 28.3 Å². The summed E-state index contributed by atoms with van der Waals surface area (Å²) >= 11 is 2.93. The van der Waals surface area contributed by atoms with Crippen molar-refractivity contribution in [2.75, 3.05) is 18.2 Å². The second-order valence-electron chi connectivity index (χ2n) is 11.6. The number of fused-ring (bicyclic) bond motifs is 3. The van der Waals surface area contributed by atoms with Crippen molar-refractivity contribution in [3.63, 3.8) is 0 Å². The highest BCUT2D eigenvalue weighted by molar-refractivity contribution is 7.99. The van der Waals surface area contributed by atoms with Crippen molar-refractivity contribution in [3.8, 4) is 11.4 Å². The Bertz CT molecular complexity index is 1630. The van der Waals surface area contributed by atoms with Gasteiger partial charge in [-0.25, -0.2) is 4.98 Å². The maximum atomic E-state index is 14.3. The molecule has 1 aliphatic carbocycles. The fourth-order valence-electron chi connectivity index (χ4n) is 5.41. The van der Waals surface area contributed by atoms with E-state index in [2.05, 4.69) is 33.0 Å². The quantitative estimate of drug-likeness (QED) is 0.186. The number of aromatic nitrogens is 2. The number of thioether (sulfide) groups is 1. The highest BCUT2D eigenvalue weighted by atomic mass is 32.2. The van der Waals surface area contributed by atoms with Crippen LogP contribution >= 0.6 is 23.1 Å². The average Bonchev–Trinajstić information content (AvgIpc) is 3.30. The van der Waals surface area contributed by atoms with Gasteiger partial charge in [-0.05, 0) is 78.8 Å². The fraction of sp³-hybridized carbons (Fsp3) is 0.406. The first-order valence-electron chi connectivity index (χ1n) is 13.8. The Balaban J connectivity index is 1.56. The molecule has 1 aliphatic rings. The third-order valence-corrected chi connectivity index (χ3v) is 9.97. The number of aryl methyl sites for hydroxylation is 3. The molecule has 2 aromatic heterocycles. The van der Waals surface area contributed by atoms with Gasteiger partial charge in [-0.3, -0.25) is 14.2 Å². The normalized spacial score (nSPS) is 15.2. The molecule has 4 aromatic rings. The molecule has 5 rings (SSSR count). The SMILES string of the molecule is CCc1cccc(NC(=O)CSc2nc3sc4c(c3c(=O)n2-c2cc(OC)ccc2C)CC[C@H](C(C)(C)C)C4)c1. The topological polar surface area (TPSA) is 73.2 Å². The zero-order valence-corrected chi connectivity index (χ0v) is 25.7. The predicted molar refractivity (Wildman–Crippen MR) is 167 cm³/mol. The Hall–Kier alpha value is -3.10. The van der Waals surface area contributed by atoms with Gasteiger partial charge in [0.05, 0.1) is 23.9 Å². The first-order valence-corrected chi connectivity index (χ1v) is 15.6. The third kappa shape index (κ3) is 5.70. The van der Waals surface area contributed by atoms with E-state index >= 15 is 0 Å². The van der Waals surface area contributed by atoms with Crippen LogP contribution in [-0.2, 0) is 24.1 Å². The maximum Gasteiger partial charge on any atom is 0.267 e. The van der Waals surface area contributed by atoms with Crippen molar-refractivity contribution < 1.29 is 9.53 Å². The molecule has 6 nitrogen and oxygen atoms in total. The van der Waals surface area contributed by atoms with Crippen LogP contribution < -0.4 is 15.6 Å². The van der Waals surface area contributed by atoms with Gasteiger partial charge in [0.1, 0.15) is 10.6 Å². The van der Waals surface area contributed by atoms with E-state index in [0.717, 1.165) is 64.0 Å². The molecule has 0 radical (unpaired) electrons. The number of nitrogens with zero attached hydrogens (tertiary/aromatic N) is 2. The van der Waals surface area contributed by atoms with Crippen LogP contribution in [0, 0.1) is 18.3 Å². The summed E-state index contributed by atoms with van der Waals surface area (Å²) in [5.41, 5.74) is 4.88. The Morgan fingerprint density at radius 2 is 2.02 bits per heavy atom. The molecular weight excluding hydrogens is 539 g/mol. The van der Waals surface area contributed by atoms with Gasteiger partial charge in [0.15, 0.2) is 5.16 Å². The van der Waals surface area contributed by atoms with Crippen molar-refractivity contribution in [1.29, 1.82) is 0 Å². The molecule has 0 aliphatic heterocycles. The van der Waals surface area contributed by atoms with Gasteiger partial charge in [0.2, 0.25) is 5.91 Å². The van der Waals surface area contributed by atoms with Crippen LogP contribution in [0.1, 0.15) is 55.7 Å². The Kier molecular flexibility index (Phi) is 8.11. The Morgan fingerprint density at radius 3 is 2.75 bits per heavy atom. The van der Waals surface area contributed by atoms with Gasteiger partial charge in [-0.2, -0.15) is 0 Å². The molecule has 0 fully saturated rings. The Labute approximate surface area is 244 Å². The number of hydrogen-bond acceptors (Lipinski definition) is 6. The number of amides is 1. The number of ether oxygens (including phenoxy) is 1. The zero-order valence-electron chi connectivity index (χ0n) is 24.1. The minimum Gasteiger partial charge on any atom is -0.497 e. The standard InChI is InChI=1S/C32H37N3O3S2/c1-7-20-9-8-10-22(15-20)33-27(36)18-39-31-34-29-28(24-14-12-21(32(3,4)5)16-26(24)40-29)30(37)35(31)25-17-23(38-6)13-11-19(25)2/h8-11,13,15,17,21H,7,12,14,16,18H2,1-6H3,(H,33,36)/t21-/m0/s1. The highest BCUT2D eigenvalue weighted by Crippen LogP contribution is 2.42. The summed E-state index contributed by atoms with van der Waals surface area (Å²) in [4.78, 5) is 34.3. The lowest BCUT2D eigenvalue weighted by Gasteiger charge is -2.33. The molecule has 1 N–H and O–H groups in total. The van der Waals surface area contributed by atoms with Crippen LogP contribution in [0.2, 0.25) is 0 Å². The van der Waals surface area contributed by atoms with Crippen molar-refractivity contribution in [1.82, 2.24) is 9.55 Å². The smallest absolute Gasteiger partial charge is 0.267 e. The molecular formula is C32H37N3O3S2. The van der Waals surface area contributed by atoms with Crippen molar-refractivity contribution in [3.05, 3.63) is 74.4 Å². The highest BCUT2D eigenvalue weighted by Gasteiger charge is 2.32. The minimum absolute atomic E-state index is 0.0772. The molecule has 210 valence electrons. The van der Waals surface area contributed by atoms with E-state index in [0.29, 0.717) is 16.8 Å². The molecule has 40 heavy (non-hydrogen) atoms. The molecule has 0 bridgehead atoms. The van der Waals surface area contributed by atoms with Gasteiger partial charge < -0.3 is 10.1 Å². The number of hydrogen-bond donors (Lipinski definition) is 1.